The van der Waals surface area contributed by atoms with E-state index in [0.717, 1.165) is 13.0 Å². The number of anilines is 2. The monoisotopic (exact) mass is 383 g/mol. The molecule has 0 spiro atoms. The van der Waals surface area contributed by atoms with Crippen molar-refractivity contribution >= 4 is 17.4 Å². The Balaban J connectivity index is 1.48. The van der Waals surface area contributed by atoms with E-state index < -0.39 is 11.2 Å². The van der Waals surface area contributed by atoms with E-state index in [9.17, 15) is 14.4 Å². The highest BCUT2D eigenvalue weighted by atomic mass is 16.2. The first-order chi connectivity index (χ1) is 13.6. The predicted octanol–water partition coefficient (Wildman–Crippen LogP) is -0.711. The highest BCUT2D eigenvalue weighted by molar-refractivity contribution is 5.92. The van der Waals surface area contributed by atoms with E-state index in [1.807, 2.05) is 4.90 Å². The summed E-state index contributed by atoms with van der Waals surface area (Å²) in [4.78, 5) is 54.2. The van der Waals surface area contributed by atoms with Gasteiger partial charge in [0.1, 0.15) is 30.5 Å². The van der Waals surface area contributed by atoms with Gasteiger partial charge in [-0.15, -0.1) is 0 Å². The van der Waals surface area contributed by atoms with Crippen molar-refractivity contribution in [3.63, 3.8) is 0 Å². The van der Waals surface area contributed by atoms with Gasteiger partial charge in [0.25, 0.3) is 5.56 Å². The lowest BCUT2D eigenvalue weighted by molar-refractivity contribution is -0.120. The zero-order valence-electron chi connectivity index (χ0n) is 14.7. The SMILES string of the molecule is O=C(Nc1c[nH]c(=O)[nH]c1=O)[C@@H]1CCCN(c2cc(-n3cncn3)ncn2)C1. The van der Waals surface area contributed by atoms with E-state index in [1.54, 1.807) is 12.4 Å². The Morgan fingerprint density at radius 2 is 2.07 bits per heavy atom. The van der Waals surface area contributed by atoms with Gasteiger partial charge < -0.3 is 15.2 Å². The average Bonchev–Trinajstić information content (AvgIpc) is 3.25. The number of carbonyl (C=O) groups is 1. The number of H-pyrrole nitrogens is 2. The van der Waals surface area contributed by atoms with Gasteiger partial charge >= 0.3 is 5.69 Å². The van der Waals surface area contributed by atoms with E-state index in [0.29, 0.717) is 24.6 Å². The summed E-state index contributed by atoms with van der Waals surface area (Å²) >= 11 is 0. The van der Waals surface area contributed by atoms with E-state index in [4.69, 9.17) is 0 Å². The number of amides is 1. The largest absolute Gasteiger partial charge is 0.356 e. The zero-order chi connectivity index (χ0) is 19.5. The van der Waals surface area contributed by atoms with Crippen molar-refractivity contribution in [1.29, 1.82) is 0 Å². The van der Waals surface area contributed by atoms with Crippen molar-refractivity contribution in [3.8, 4) is 5.82 Å². The molecule has 1 amide bonds. The fourth-order valence-electron chi connectivity index (χ4n) is 3.10. The summed E-state index contributed by atoms with van der Waals surface area (Å²) in [5.74, 6) is 0.645. The van der Waals surface area contributed by atoms with Crippen LogP contribution >= 0.6 is 0 Å². The van der Waals surface area contributed by atoms with E-state index in [2.05, 4.69) is 35.3 Å². The highest BCUT2D eigenvalue weighted by Crippen LogP contribution is 2.23. The summed E-state index contributed by atoms with van der Waals surface area (Å²) < 4.78 is 1.53. The number of hydrogen-bond acceptors (Lipinski definition) is 8. The molecule has 0 aromatic carbocycles. The molecule has 1 saturated heterocycles. The van der Waals surface area contributed by atoms with Crippen molar-refractivity contribution in [2.24, 2.45) is 5.92 Å². The Morgan fingerprint density at radius 3 is 2.86 bits per heavy atom. The first-order valence-corrected chi connectivity index (χ1v) is 8.65. The fraction of sp³-hybridized carbons (Fsp3) is 0.312. The lowest BCUT2D eigenvalue weighted by Crippen LogP contribution is -2.42. The third-order valence-electron chi connectivity index (χ3n) is 4.49. The Bertz CT molecular complexity index is 1090. The Kier molecular flexibility index (Phi) is 4.66. The molecule has 4 heterocycles. The molecule has 12 nitrogen and oxygen atoms in total. The van der Waals surface area contributed by atoms with Crippen LogP contribution in [-0.2, 0) is 4.79 Å². The molecule has 3 N–H and O–H groups in total. The molecule has 3 aromatic rings. The molecule has 144 valence electrons. The van der Waals surface area contributed by atoms with Gasteiger partial charge in [-0.3, -0.25) is 14.6 Å². The lowest BCUT2D eigenvalue weighted by atomic mass is 9.97. The van der Waals surface area contributed by atoms with Gasteiger partial charge in [0, 0.05) is 25.4 Å². The molecule has 0 unspecified atom stereocenters. The van der Waals surface area contributed by atoms with Crippen LogP contribution in [0.1, 0.15) is 12.8 Å². The summed E-state index contributed by atoms with van der Waals surface area (Å²) in [6.45, 7) is 1.19. The standard InChI is InChI=1S/C16H17N9O3/c26-14(22-11-5-18-16(28)23-15(11)27)10-2-1-3-24(6-10)12-4-13(20-8-19-12)25-9-17-7-21-25/h4-5,7-10H,1-3,6H2,(H,22,26)(H2,18,23,27,28)/t10-/m1/s1. The summed E-state index contributed by atoms with van der Waals surface area (Å²) in [5.41, 5.74) is -1.26. The van der Waals surface area contributed by atoms with Gasteiger partial charge in [0.2, 0.25) is 5.91 Å². The summed E-state index contributed by atoms with van der Waals surface area (Å²) in [6, 6.07) is 1.78. The highest BCUT2D eigenvalue weighted by Gasteiger charge is 2.27. The van der Waals surface area contributed by atoms with Gasteiger partial charge in [-0.25, -0.2) is 24.4 Å². The molecular weight excluding hydrogens is 366 g/mol. The molecular formula is C16H17N9O3. The Morgan fingerprint density at radius 1 is 1.21 bits per heavy atom. The summed E-state index contributed by atoms with van der Waals surface area (Å²) in [6.07, 6.45) is 7.07. The van der Waals surface area contributed by atoms with Gasteiger partial charge in [-0.1, -0.05) is 0 Å². The van der Waals surface area contributed by atoms with Crippen LogP contribution in [-0.4, -0.2) is 53.7 Å². The second-order valence-corrected chi connectivity index (χ2v) is 6.33. The number of nitrogens with one attached hydrogen (secondary N) is 3. The normalized spacial score (nSPS) is 16.7. The average molecular weight is 383 g/mol. The maximum absolute atomic E-state index is 12.6. The third-order valence-corrected chi connectivity index (χ3v) is 4.49. The van der Waals surface area contributed by atoms with Crippen molar-refractivity contribution in [3.05, 3.63) is 52.1 Å². The van der Waals surface area contributed by atoms with Crippen LogP contribution in [0.5, 0.6) is 0 Å². The number of hydrogen-bond donors (Lipinski definition) is 3. The van der Waals surface area contributed by atoms with Crippen molar-refractivity contribution < 1.29 is 4.79 Å². The maximum atomic E-state index is 12.6. The molecule has 1 aliphatic rings. The molecule has 0 aliphatic carbocycles. The third kappa shape index (κ3) is 3.65. The molecule has 3 aromatic heterocycles. The molecule has 4 rings (SSSR count). The summed E-state index contributed by atoms with van der Waals surface area (Å²) in [5, 5.41) is 6.63. The second-order valence-electron chi connectivity index (χ2n) is 6.33. The van der Waals surface area contributed by atoms with Crippen LogP contribution in [0.4, 0.5) is 11.5 Å². The molecule has 1 atom stereocenters. The maximum Gasteiger partial charge on any atom is 0.325 e. The van der Waals surface area contributed by atoms with Gasteiger partial charge in [0.15, 0.2) is 5.82 Å². The van der Waals surface area contributed by atoms with Crippen molar-refractivity contribution in [2.45, 2.75) is 12.8 Å². The lowest BCUT2D eigenvalue weighted by Gasteiger charge is -2.32. The van der Waals surface area contributed by atoms with Gasteiger partial charge in [-0.2, -0.15) is 5.10 Å². The summed E-state index contributed by atoms with van der Waals surface area (Å²) in [7, 11) is 0. The molecule has 28 heavy (non-hydrogen) atoms. The minimum Gasteiger partial charge on any atom is -0.356 e. The van der Waals surface area contributed by atoms with Crippen LogP contribution in [0.25, 0.3) is 5.82 Å². The van der Waals surface area contributed by atoms with Crippen molar-refractivity contribution in [1.82, 2.24) is 34.7 Å². The number of aromatic nitrogens is 7. The predicted molar refractivity (Wildman–Crippen MR) is 98.2 cm³/mol. The van der Waals surface area contributed by atoms with E-state index in [-0.39, 0.29) is 17.5 Å². The number of rotatable bonds is 4. The molecule has 0 bridgehead atoms. The second kappa shape index (κ2) is 7.42. The van der Waals surface area contributed by atoms with Gasteiger partial charge in [-0.05, 0) is 12.8 Å². The quantitative estimate of drug-likeness (QED) is 0.534. The number of piperidine rings is 1. The van der Waals surface area contributed by atoms with Crippen LogP contribution in [0.3, 0.4) is 0 Å². The molecule has 12 heteroatoms. The molecule has 0 radical (unpaired) electrons. The smallest absolute Gasteiger partial charge is 0.325 e. The fourth-order valence-corrected chi connectivity index (χ4v) is 3.10. The van der Waals surface area contributed by atoms with Crippen LogP contribution < -0.4 is 21.5 Å². The Labute approximate surface area is 157 Å². The minimum absolute atomic E-state index is 0.0113. The number of nitrogens with zero attached hydrogens (tertiary/aromatic N) is 6. The van der Waals surface area contributed by atoms with E-state index in [1.165, 1.54) is 23.5 Å². The molecule has 0 saturated carbocycles. The minimum atomic E-state index is -0.641. The topological polar surface area (TPSA) is 155 Å². The molecule has 1 fully saturated rings. The van der Waals surface area contributed by atoms with Crippen LogP contribution in [0.2, 0.25) is 0 Å². The Hall–Kier alpha value is -3.83. The van der Waals surface area contributed by atoms with Crippen molar-refractivity contribution in [2.75, 3.05) is 23.3 Å². The van der Waals surface area contributed by atoms with Gasteiger partial charge in [0.05, 0.1) is 5.92 Å². The number of aromatic amines is 2. The van der Waals surface area contributed by atoms with Crippen LogP contribution in [0, 0.1) is 5.92 Å². The van der Waals surface area contributed by atoms with Crippen LogP contribution in [0.15, 0.2) is 40.8 Å². The first kappa shape index (κ1) is 17.6. The first-order valence-electron chi connectivity index (χ1n) is 8.65. The number of carbonyl (C=O) groups excluding carboxylic acids is 1. The molecule has 1 aliphatic heterocycles. The zero-order valence-corrected chi connectivity index (χ0v) is 14.7. The van der Waals surface area contributed by atoms with E-state index >= 15 is 0 Å².